The smallest absolute Gasteiger partial charge is 0.119 e. The van der Waals surface area contributed by atoms with Crippen LogP contribution in [0.5, 0.6) is 5.75 Å². The summed E-state index contributed by atoms with van der Waals surface area (Å²) in [6.45, 7) is 5.96. The first kappa shape index (κ1) is 23.0. The van der Waals surface area contributed by atoms with E-state index in [2.05, 4.69) is 107 Å². The van der Waals surface area contributed by atoms with Crippen LogP contribution in [0.3, 0.4) is 0 Å². The average Bonchev–Trinajstić information content (AvgIpc) is 3.11. The summed E-state index contributed by atoms with van der Waals surface area (Å²) in [4.78, 5) is 5.30. The molecule has 2 aliphatic rings. The largest absolute Gasteiger partial charge is 0.489 e. The highest BCUT2D eigenvalue weighted by molar-refractivity contribution is 5.44. The van der Waals surface area contributed by atoms with Gasteiger partial charge >= 0.3 is 0 Å². The van der Waals surface area contributed by atoms with Gasteiger partial charge in [0.15, 0.2) is 0 Å². The Kier molecular flexibility index (Phi) is 6.84. The van der Waals surface area contributed by atoms with E-state index in [0.29, 0.717) is 12.6 Å². The summed E-state index contributed by atoms with van der Waals surface area (Å²) >= 11 is 0. The fourth-order valence-corrected chi connectivity index (χ4v) is 5.76. The van der Waals surface area contributed by atoms with Crippen LogP contribution in [-0.2, 0) is 26.0 Å². The predicted octanol–water partition coefficient (Wildman–Crippen LogP) is 6.27. The number of ether oxygens (including phenoxy) is 1. The number of nitrogens with zero attached hydrogens (tertiary/aromatic N) is 2. The SMILES string of the molecule is c1ccc(COc2ccc(CN3CCN(C4c5ccccc5CCc5ccccc54)CC3)cc2)cc1. The van der Waals surface area contributed by atoms with Gasteiger partial charge in [-0.25, -0.2) is 0 Å². The molecule has 0 saturated carbocycles. The normalized spacial score (nSPS) is 16.7. The maximum absolute atomic E-state index is 5.97. The quantitative estimate of drug-likeness (QED) is 0.327. The van der Waals surface area contributed by atoms with E-state index >= 15 is 0 Å². The Morgan fingerprint density at radius 3 is 1.81 bits per heavy atom. The third-order valence-electron chi connectivity index (χ3n) is 7.71. The first-order valence-corrected chi connectivity index (χ1v) is 13.2. The zero-order valence-corrected chi connectivity index (χ0v) is 20.9. The van der Waals surface area contributed by atoms with Crippen LogP contribution in [0, 0.1) is 0 Å². The van der Waals surface area contributed by atoms with Gasteiger partial charge in [0.05, 0.1) is 6.04 Å². The average molecular weight is 475 g/mol. The van der Waals surface area contributed by atoms with E-state index < -0.39 is 0 Å². The van der Waals surface area contributed by atoms with Crippen molar-refractivity contribution in [3.05, 3.63) is 137 Å². The van der Waals surface area contributed by atoms with Crippen molar-refractivity contribution in [1.82, 2.24) is 9.80 Å². The van der Waals surface area contributed by atoms with Crippen LogP contribution < -0.4 is 4.74 Å². The van der Waals surface area contributed by atoms with Crippen molar-refractivity contribution >= 4 is 0 Å². The summed E-state index contributed by atoms with van der Waals surface area (Å²) in [5.41, 5.74) is 8.56. The number of piperazine rings is 1. The molecule has 1 fully saturated rings. The van der Waals surface area contributed by atoms with Crippen molar-refractivity contribution in [2.45, 2.75) is 32.0 Å². The fraction of sp³-hybridized carbons (Fsp3) is 0.273. The van der Waals surface area contributed by atoms with Gasteiger partial charge in [-0.2, -0.15) is 0 Å². The molecule has 0 radical (unpaired) electrons. The zero-order chi connectivity index (χ0) is 24.2. The Hall–Kier alpha value is -3.40. The van der Waals surface area contributed by atoms with E-state index in [1.807, 2.05) is 6.07 Å². The van der Waals surface area contributed by atoms with Crippen molar-refractivity contribution < 1.29 is 4.74 Å². The third kappa shape index (κ3) is 5.09. The van der Waals surface area contributed by atoms with Gasteiger partial charge in [0, 0.05) is 32.7 Å². The van der Waals surface area contributed by atoms with Gasteiger partial charge in [-0.1, -0.05) is 91.0 Å². The molecule has 0 amide bonds. The lowest BCUT2D eigenvalue weighted by Crippen LogP contribution is -2.47. The molecule has 36 heavy (non-hydrogen) atoms. The minimum absolute atomic E-state index is 0.364. The lowest BCUT2D eigenvalue weighted by atomic mass is 9.92. The number of hydrogen-bond donors (Lipinski definition) is 0. The molecule has 1 heterocycles. The van der Waals surface area contributed by atoms with Crippen molar-refractivity contribution in [1.29, 1.82) is 0 Å². The Balaban J connectivity index is 1.09. The highest BCUT2D eigenvalue weighted by Gasteiger charge is 2.30. The number of fused-ring (bicyclic) bond motifs is 2. The van der Waals surface area contributed by atoms with Crippen LogP contribution in [0.2, 0.25) is 0 Å². The molecule has 0 atom stereocenters. The van der Waals surface area contributed by atoms with Crippen LogP contribution in [0.4, 0.5) is 0 Å². The molecule has 0 unspecified atom stereocenters. The number of rotatable bonds is 6. The molecule has 0 N–H and O–H groups in total. The van der Waals surface area contributed by atoms with Crippen LogP contribution in [-0.4, -0.2) is 36.0 Å². The predicted molar refractivity (Wildman–Crippen MR) is 146 cm³/mol. The Morgan fingerprint density at radius 1 is 0.583 bits per heavy atom. The van der Waals surface area contributed by atoms with Crippen molar-refractivity contribution in [2.75, 3.05) is 26.2 Å². The summed E-state index contributed by atoms with van der Waals surface area (Å²) in [7, 11) is 0. The fourth-order valence-electron chi connectivity index (χ4n) is 5.76. The second-order valence-electron chi connectivity index (χ2n) is 10.0. The van der Waals surface area contributed by atoms with Gasteiger partial charge in [0.1, 0.15) is 12.4 Å². The molecule has 3 nitrogen and oxygen atoms in total. The van der Waals surface area contributed by atoms with Gasteiger partial charge in [0.2, 0.25) is 0 Å². The molecular weight excluding hydrogens is 440 g/mol. The molecule has 0 aromatic heterocycles. The van der Waals surface area contributed by atoms with Crippen molar-refractivity contribution in [3.63, 3.8) is 0 Å². The third-order valence-corrected chi connectivity index (χ3v) is 7.71. The Bertz CT molecular complexity index is 1230. The molecule has 1 aliphatic heterocycles. The molecular formula is C33H34N2O. The van der Waals surface area contributed by atoms with Crippen molar-refractivity contribution in [3.8, 4) is 5.75 Å². The van der Waals surface area contributed by atoms with E-state index in [-0.39, 0.29) is 0 Å². The number of aryl methyl sites for hydroxylation is 2. The van der Waals surface area contributed by atoms with Gasteiger partial charge < -0.3 is 4.74 Å². The maximum atomic E-state index is 5.97. The molecule has 1 aliphatic carbocycles. The maximum Gasteiger partial charge on any atom is 0.119 e. The highest BCUT2D eigenvalue weighted by Crippen LogP contribution is 2.37. The summed E-state index contributed by atoms with van der Waals surface area (Å²) in [6.07, 6.45) is 2.27. The van der Waals surface area contributed by atoms with Gasteiger partial charge in [-0.05, 0) is 58.4 Å². The Morgan fingerprint density at radius 2 is 1.17 bits per heavy atom. The molecule has 4 aromatic carbocycles. The van der Waals surface area contributed by atoms with E-state index in [0.717, 1.165) is 51.3 Å². The van der Waals surface area contributed by atoms with Crippen LogP contribution >= 0.6 is 0 Å². The van der Waals surface area contributed by atoms with Gasteiger partial charge in [-0.15, -0.1) is 0 Å². The second-order valence-corrected chi connectivity index (χ2v) is 10.0. The summed E-state index contributed by atoms with van der Waals surface area (Å²) in [5, 5.41) is 0. The molecule has 3 heteroatoms. The Labute approximate surface area is 215 Å². The van der Waals surface area contributed by atoms with Crippen LogP contribution in [0.15, 0.2) is 103 Å². The molecule has 182 valence electrons. The molecule has 0 spiro atoms. The van der Waals surface area contributed by atoms with Crippen LogP contribution in [0.25, 0.3) is 0 Å². The van der Waals surface area contributed by atoms with Gasteiger partial charge in [0.25, 0.3) is 0 Å². The standard InChI is InChI=1S/C33H34N2O/c1-2-8-27(9-3-1)25-36-30-18-14-26(15-19-30)24-34-20-22-35(23-21-34)33-31-12-6-4-10-28(31)16-17-29-11-5-7-13-32(29)33/h1-15,18-19,33H,16-17,20-25H2. The summed E-state index contributed by atoms with van der Waals surface area (Å²) in [5.74, 6) is 0.929. The molecule has 0 bridgehead atoms. The first-order valence-electron chi connectivity index (χ1n) is 13.2. The van der Waals surface area contributed by atoms with Crippen LogP contribution in [0.1, 0.15) is 39.4 Å². The van der Waals surface area contributed by atoms with Crippen molar-refractivity contribution in [2.24, 2.45) is 0 Å². The highest BCUT2D eigenvalue weighted by atomic mass is 16.5. The van der Waals surface area contributed by atoms with E-state index in [9.17, 15) is 0 Å². The number of benzene rings is 4. The van der Waals surface area contributed by atoms with E-state index in [1.165, 1.54) is 33.4 Å². The van der Waals surface area contributed by atoms with Gasteiger partial charge in [-0.3, -0.25) is 9.80 Å². The minimum Gasteiger partial charge on any atom is -0.489 e. The minimum atomic E-state index is 0.364. The topological polar surface area (TPSA) is 15.7 Å². The number of hydrogen-bond acceptors (Lipinski definition) is 3. The first-order chi connectivity index (χ1) is 17.8. The zero-order valence-electron chi connectivity index (χ0n) is 20.9. The summed E-state index contributed by atoms with van der Waals surface area (Å²) < 4.78 is 5.97. The summed E-state index contributed by atoms with van der Waals surface area (Å²) in [6, 6.07) is 37.5. The lowest BCUT2D eigenvalue weighted by Gasteiger charge is -2.40. The van der Waals surface area contributed by atoms with E-state index in [1.54, 1.807) is 0 Å². The second kappa shape index (κ2) is 10.7. The lowest BCUT2D eigenvalue weighted by molar-refractivity contribution is 0.104. The molecule has 1 saturated heterocycles. The van der Waals surface area contributed by atoms with E-state index in [4.69, 9.17) is 4.74 Å². The molecule has 6 rings (SSSR count). The molecule has 4 aromatic rings. The monoisotopic (exact) mass is 474 g/mol.